The highest BCUT2D eigenvalue weighted by Gasteiger charge is 2.55. The van der Waals surface area contributed by atoms with Crippen LogP contribution in [0.15, 0.2) is 64.9 Å². The Hall–Kier alpha value is -3.09. The molecule has 23 heavy (non-hydrogen) atoms. The first-order valence-corrected chi connectivity index (χ1v) is 7.05. The molecule has 2 aromatic rings. The molecule has 7 heteroatoms. The van der Waals surface area contributed by atoms with E-state index in [1.54, 1.807) is 12.1 Å². The molecule has 1 saturated heterocycles. The maximum Gasteiger partial charge on any atom is 0.263 e. The van der Waals surface area contributed by atoms with Gasteiger partial charge in [-0.05, 0) is 30.3 Å². The Kier molecular flexibility index (Phi) is 2.94. The third kappa shape index (κ3) is 2.01. The number of nitrogens with zero attached hydrogens (tertiary/aromatic N) is 4. The van der Waals surface area contributed by atoms with Crippen molar-refractivity contribution in [3.63, 3.8) is 0 Å². The Morgan fingerprint density at radius 3 is 2.39 bits per heavy atom. The number of carbonyl (C=O) groups excluding carboxylic acids is 2. The molecule has 2 unspecified atom stereocenters. The summed E-state index contributed by atoms with van der Waals surface area (Å²) in [5, 5.41) is 9.32. The maximum absolute atomic E-state index is 13.4. The molecule has 2 aliphatic rings. The van der Waals surface area contributed by atoms with Crippen molar-refractivity contribution in [1.29, 1.82) is 0 Å². The molecule has 0 aromatic heterocycles. The molecule has 0 bridgehead atoms. The zero-order valence-corrected chi connectivity index (χ0v) is 11.8. The number of carbonyl (C=O) groups is 2. The molecule has 4 rings (SSSR count). The first-order chi connectivity index (χ1) is 11.2. The third-order valence-corrected chi connectivity index (χ3v) is 3.87. The molecule has 6 nitrogen and oxygen atoms in total. The lowest BCUT2D eigenvalue weighted by Gasteiger charge is -2.20. The van der Waals surface area contributed by atoms with E-state index in [2.05, 4.69) is 10.3 Å². The first kappa shape index (κ1) is 13.6. The van der Waals surface area contributed by atoms with Gasteiger partial charge in [-0.15, -0.1) is 0 Å². The molecular weight excluding hydrogens is 299 g/mol. The average Bonchev–Trinajstić information content (AvgIpc) is 3.09. The van der Waals surface area contributed by atoms with Gasteiger partial charge in [0, 0.05) is 0 Å². The number of imide groups is 1. The standard InChI is InChI=1S/C16H11FN4O2/c17-10-5-4-8-12(9-10)20-15(22)13-14(16(20)23)21(19-18-13)11-6-2-1-3-7-11/h1-9,13-14H. The van der Waals surface area contributed by atoms with Crippen LogP contribution in [0.5, 0.6) is 0 Å². The summed E-state index contributed by atoms with van der Waals surface area (Å²) in [6.45, 7) is 0. The van der Waals surface area contributed by atoms with Gasteiger partial charge in [-0.25, -0.2) is 14.3 Å². The number of halogens is 1. The minimum atomic E-state index is -0.897. The van der Waals surface area contributed by atoms with Crippen molar-refractivity contribution in [2.75, 3.05) is 9.91 Å². The molecule has 0 aliphatic carbocycles. The zero-order chi connectivity index (χ0) is 16.0. The smallest absolute Gasteiger partial charge is 0.263 e. The van der Waals surface area contributed by atoms with Gasteiger partial charge in [-0.1, -0.05) is 29.5 Å². The maximum atomic E-state index is 13.4. The predicted octanol–water partition coefficient (Wildman–Crippen LogP) is 2.32. The number of hydrogen-bond donors (Lipinski definition) is 0. The van der Waals surface area contributed by atoms with Gasteiger partial charge in [0.25, 0.3) is 11.8 Å². The van der Waals surface area contributed by atoms with Crippen molar-refractivity contribution >= 4 is 23.2 Å². The fourth-order valence-electron chi connectivity index (χ4n) is 2.82. The van der Waals surface area contributed by atoms with Crippen LogP contribution in [-0.2, 0) is 9.59 Å². The van der Waals surface area contributed by atoms with Gasteiger partial charge < -0.3 is 0 Å². The van der Waals surface area contributed by atoms with Crippen molar-refractivity contribution in [3.8, 4) is 0 Å². The molecule has 0 N–H and O–H groups in total. The number of para-hydroxylation sites is 1. The Labute approximate surface area is 130 Å². The Morgan fingerprint density at radius 2 is 1.65 bits per heavy atom. The van der Waals surface area contributed by atoms with Crippen LogP contribution in [0.1, 0.15) is 0 Å². The van der Waals surface area contributed by atoms with Gasteiger partial charge in [0.1, 0.15) is 5.82 Å². The highest BCUT2D eigenvalue weighted by atomic mass is 19.1. The second kappa shape index (κ2) is 4.98. The van der Waals surface area contributed by atoms with Crippen LogP contribution in [0.4, 0.5) is 15.8 Å². The third-order valence-electron chi connectivity index (χ3n) is 3.87. The van der Waals surface area contributed by atoms with Crippen LogP contribution in [0, 0.1) is 5.82 Å². The molecule has 1 fully saturated rings. The minimum Gasteiger partial charge on any atom is -0.271 e. The number of fused-ring (bicyclic) bond motifs is 1. The lowest BCUT2D eigenvalue weighted by atomic mass is 10.1. The van der Waals surface area contributed by atoms with Gasteiger partial charge in [0.15, 0.2) is 12.1 Å². The molecule has 2 aromatic carbocycles. The van der Waals surface area contributed by atoms with Crippen LogP contribution >= 0.6 is 0 Å². The summed E-state index contributed by atoms with van der Waals surface area (Å²) in [6, 6.07) is 12.7. The Morgan fingerprint density at radius 1 is 0.913 bits per heavy atom. The van der Waals surface area contributed by atoms with Gasteiger partial charge in [0.2, 0.25) is 0 Å². The van der Waals surface area contributed by atoms with E-state index < -0.39 is 29.7 Å². The van der Waals surface area contributed by atoms with E-state index in [4.69, 9.17) is 0 Å². The Balaban J connectivity index is 1.72. The molecular formula is C16H11FN4O2. The SMILES string of the molecule is O=C1C2N=NN(c3ccccc3)C2C(=O)N1c1cccc(F)c1. The Bertz CT molecular complexity index is 824. The van der Waals surface area contributed by atoms with Crippen LogP contribution in [0.25, 0.3) is 0 Å². The molecule has 2 amide bonds. The molecule has 0 spiro atoms. The van der Waals surface area contributed by atoms with Gasteiger partial charge in [-0.2, -0.15) is 5.11 Å². The number of amides is 2. The number of rotatable bonds is 2. The molecule has 0 saturated carbocycles. The number of hydrogen-bond acceptors (Lipinski definition) is 5. The highest BCUT2D eigenvalue weighted by molar-refractivity contribution is 6.26. The van der Waals surface area contributed by atoms with Gasteiger partial charge in [0.05, 0.1) is 11.4 Å². The normalized spacial score (nSPS) is 22.8. The molecule has 2 atom stereocenters. The summed E-state index contributed by atoms with van der Waals surface area (Å²) >= 11 is 0. The molecule has 0 radical (unpaired) electrons. The topological polar surface area (TPSA) is 65.3 Å². The van der Waals surface area contributed by atoms with E-state index in [-0.39, 0.29) is 5.69 Å². The predicted molar refractivity (Wildman–Crippen MR) is 80.2 cm³/mol. The zero-order valence-electron chi connectivity index (χ0n) is 11.8. The van der Waals surface area contributed by atoms with E-state index in [0.29, 0.717) is 5.69 Å². The van der Waals surface area contributed by atoms with E-state index in [1.807, 2.05) is 18.2 Å². The fraction of sp³-hybridized carbons (Fsp3) is 0.125. The van der Waals surface area contributed by atoms with E-state index in [1.165, 1.54) is 23.2 Å². The van der Waals surface area contributed by atoms with Crippen molar-refractivity contribution < 1.29 is 14.0 Å². The average molecular weight is 310 g/mol. The van der Waals surface area contributed by atoms with Crippen LogP contribution < -0.4 is 9.91 Å². The van der Waals surface area contributed by atoms with Crippen LogP contribution in [-0.4, -0.2) is 23.9 Å². The molecule has 2 heterocycles. The van der Waals surface area contributed by atoms with Crippen molar-refractivity contribution in [2.45, 2.75) is 12.1 Å². The largest absolute Gasteiger partial charge is 0.271 e. The first-order valence-electron chi connectivity index (χ1n) is 7.05. The quantitative estimate of drug-likeness (QED) is 0.800. The fourth-order valence-corrected chi connectivity index (χ4v) is 2.82. The minimum absolute atomic E-state index is 0.206. The molecule has 2 aliphatic heterocycles. The van der Waals surface area contributed by atoms with E-state index in [0.717, 1.165) is 11.0 Å². The highest BCUT2D eigenvalue weighted by Crippen LogP contribution is 2.34. The summed E-state index contributed by atoms with van der Waals surface area (Å²) in [4.78, 5) is 26.2. The number of benzene rings is 2. The summed E-state index contributed by atoms with van der Waals surface area (Å²) in [5.74, 6) is -1.46. The summed E-state index contributed by atoms with van der Waals surface area (Å²) < 4.78 is 13.4. The van der Waals surface area contributed by atoms with Gasteiger partial charge in [-0.3, -0.25) is 9.59 Å². The lowest BCUT2D eigenvalue weighted by Crippen LogP contribution is -2.39. The summed E-state index contributed by atoms with van der Waals surface area (Å²) in [6.07, 6.45) is 0. The van der Waals surface area contributed by atoms with Crippen molar-refractivity contribution in [3.05, 3.63) is 60.4 Å². The number of anilines is 2. The lowest BCUT2D eigenvalue weighted by molar-refractivity contribution is -0.121. The van der Waals surface area contributed by atoms with Crippen molar-refractivity contribution in [2.24, 2.45) is 10.3 Å². The van der Waals surface area contributed by atoms with Crippen LogP contribution in [0.2, 0.25) is 0 Å². The van der Waals surface area contributed by atoms with E-state index in [9.17, 15) is 14.0 Å². The van der Waals surface area contributed by atoms with Gasteiger partial charge >= 0.3 is 0 Å². The van der Waals surface area contributed by atoms with Crippen LogP contribution in [0.3, 0.4) is 0 Å². The van der Waals surface area contributed by atoms with E-state index >= 15 is 0 Å². The second-order valence-corrected chi connectivity index (χ2v) is 5.27. The molecule has 114 valence electrons. The summed E-state index contributed by atoms with van der Waals surface area (Å²) in [7, 11) is 0. The summed E-state index contributed by atoms with van der Waals surface area (Å²) in [5.41, 5.74) is 0.878. The second-order valence-electron chi connectivity index (χ2n) is 5.27. The monoisotopic (exact) mass is 310 g/mol. The van der Waals surface area contributed by atoms with Crippen molar-refractivity contribution in [1.82, 2.24) is 0 Å².